The van der Waals surface area contributed by atoms with Gasteiger partial charge in [-0.2, -0.15) is 0 Å². The molecule has 102 valence electrons. The van der Waals surface area contributed by atoms with Gasteiger partial charge in [-0.1, -0.05) is 15.9 Å². The van der Waals surface area contributed by atoms with Crippen LogP contribution in [0.25, 0.3) is 10.2 Å². The lowest BCUT2D eigenvalue weighted by Crippen LogP contribution is -2.13. The summed E-state index contributed by atoms with van der Waals surface area (Å²) in [5.41, 5.74) is 1.59. The third-order valence-electron chi connectivity index (χ3n) is 2.74. The molecule has 4 nitrogen and oxygen atoms in total. The molecule has 3 rings (SSSR count). The van der Waals surface area contributed by atoms with Crippen molar-refractivity contribution in [3.8, 4) is 0 Å². The van der Waals surface area contributed by atoms with E-state index in [0.717, 1.165) is 20.1 Å². The molecule has 0 amide bonds. The highest BCUT2D eigenvalue weighted by atomic mass is 79.9. The van der Waals surface area contributed by atoms with Crippen LogP contribution < -0.4 is 10.9 Å². The number of hydrogen-bond donors (Lipinski definition) is 2. The average Bonchev–Trinajstić information content (AvgIpc) is 2.89. The largest absolute Gasteiger partial charge is 0.377 e. The van der Waals surface area contributed by atoms with Crippen LogP contribution in [0.3, 0.4) is 0 Å². The summed E-state index contributed by atoms with van der Waals surface area (Å²) in [7, 11) is 0. The van der Waals surface area contributed by atoms with Gasteiger partial charge in [0.15, 0.2) is 0 Å². The number of rotatable bonds is 3. The highest BCUT2D eigenvalue weighted by molar-refractivity contribution is 9.11. The molecule has 0 saturated carbocycles. The topological polar surface area (TPSA) is 57.8 Å². The zero-order valence-corrected chi connectivity index (χ0v) is 14.1. The number of halogens is 2. The number of hydrogen-bond acceptors (Lipinski definition) is 4. The molecule has 0 unspecified atom stereocenters. The molecule has 0 radical (unpaired) electrons. The van der Waals surface area contributed by atoms with E-state index in [4.69, 9.17) is 0 Å². The molecule has 7 heteroatoms. The number of nitrogens with one attached hydrogen (secondary N) is 2. The summed E-state index contributed by atoms with van der Waals surface area (Å²) in [5, 5.41) is 5.12. The van der Waals surface area contributed by atoms with Crippen LogP contribution >= 0.6 is 43.2 Å². The van der Waals surface area contributed by atoms with Gasteiger partial charge < -0.3 is 10.3 Å². The molecule has 0 spiro atoms. The fraction of sp³-hybridized carbons (Fsp3) is 0.0769. The normalized spacial score (nSPS) is 10.9. The molecule has 2 N–H and O–H groups in total. The lowest BCUT2D eigenvalue weighted by molar-refractivity contribution is 0.955. The average molecular weight is 415 g/mol. The number of benzene rings is 1. The Kier molecular flexibility index (Phi) is 3.91. The molecule has 1 aromatic carbocycles. The van der Waals surface area contributed by atoms with E-state index in [9.17, 15) is 4.79 Å². The van der Waals surface area contributed by atoms with Crippen LogP contribution in [-0.4, -0.2) is 9.97 Å². The third kappa shape index (κ3) is 2.79. The van der Waals surface area contributed by atoms with Crippen molar-refractivity contribution in [2.45, 2.75) is 6.54 Å². The van der Waals surface area contributed by atoms with E-state index in [0.29, 0.717) is 17.1 Å². The van der Waals surface area contributed by atoms with E-state index < -0.39 is 0 Å². The van der Waals surface area contributed by atoms with Crippen LogP contribution in [0.15, 0.2) is 43.4 Å². The Morgan fingerprint density at radius 1 is 1.30 bits per heavy atom. The minimum Gasteiger partial charge on any atom is -0.377 e. The fourth-order valence-corrected chi connectivity index (χ4v) is 3.29. The van der Waals surface area contributed by atoms with Crippen molar-refractivity contribution in [2.75, 3.05) is 5.32 Å². The molecule has 0 aliphatic carbocycles. The van der Waals surface area contributed by atoms with Gasteiger partial charge in [0.25, 0.3) is 5.56 Å². The highest BCUT2D eigenvalue weighted by Gasteiger charge is 2.06. The molecule has 0 aliphatic heterocycles. The Labute approximate surface area is 135 Å². The Bertz CT molecular complexity index is 828. The number of H-pyrrole nitrogens is 1. The lowest BCUT2D eigenvalue weighted by Gasteiger charge is -2.08. The number of thiophene rings is 1. The van der Waals surface area contributed by atoms with Crippen LogP contribution in [0.5, 0.6) is 0 Å². The maximum absolute atomic E-state index is 11.9. The number of aromatic nitrogens is 2. The van der Waals surface area contributed by atoms with Gasteiger partial charge in [-0.05, 0) is 45.6 Å². The van der Waals surface area contributed by atoms with E-state index in [1.54, 1.807) is 0 Å². The monoisotopic (exact) mass is 413 g/mol. The Balaban J connectivity index is 1.86. The Morgan fingerprint density at radius 3 is 3.00 bits per heavy atom. The molecule has 0 atom stereocenters. The van der Waals surface area contributed by atoms with Crippen molar-refractivity contribution in [2.24, 2.45) is 0 Å². The first-order valence-corrected chi connectivity index (χ1v) is 8.25. The number of anilines is 1. The molecular weight excluding hydrogens is 406 g/mol. The fourth-order valence-electron chi connectivity index (χ4n) is 1.82. The van der Waals surface area contributed by atoms with Crippen molar-refractivity contribution in [1.82, 2.24) is 9.97 Å². The van der Waals surface area contributed by atoms with E-state index >= 15 is 0 Å². The second kappa shape index (κ2) is 5.67. The van der Waals surface area contributed by atoms with Gasteiger partial charge in [0.05, 0.1) is 12.1 Å². The van der Waals surface area contributed by atoms with Crippen LogP contribution in [-0.2, 0) is 6.54 Å². The van der Waals surface area contributed by atoms with Crippen molar-refractivity contribution in [3.05, 3.63) is 54.8 Å². The summed E-state index contributed by atoms with van der Waals surface area (Å²) >= 11 is 8.31. The molecule has 3 aromatic rings. The molecular formula is C13H9Br2N3OS. The van der Waals surface area contributed by atoms with E-state index in [1.807, 2.05) is 29.6 Å². The lowest BCUT2D eigenvalue weighted by atomic mass is 10.3. The zero-order valence-electron chi connectivity index (χ0n) is 10.1. The Morgan fingerprint density at radius 2 is 2.15 bits per heavy atom. The van der Waals surface area contributed by atoms with Crippen molar-refractivity contribution in [1.29, 1.82) is 0 Å². The minimum atomic E-state index is -0.0879. The van der Waals surface area contributed by atoms with E-state index in [2.05, 4.69) is 47.1 Å². The summed E-state index contributed by atoms with van der Waals surface area (Å²) in [4.78, 5) is 19.1. The summed E-state index contributed by atoms with van der Waals surface area (Å²) in [6.07, 6.45) is 0. The van der Waals surface area contributed by atoms with E-state index in [-0.39, 0.29) is 5.56 Å². The van der Waals surface area contributed by atoms with Crippen molar-refractivity contribution in [3.63, 3.8) is 0 Å². The molecule has 0 saturated heterocycles. The van der Waals surface area contributed by atoms with Crippen LogP contribution in [0.2, 0.25) is 0 Å². The van der Waals surface area contributed by atoms with Crippen LogP contribution in [0, 0.1) is 0 Å². The summed E-state index contributed by atoms with van der Waals surface area (Å²) in [6, 6.07) is 7.72. The standard InChI is InChI=1S/C13H9Br2N3OS/c14-7-1-2-8(15)10(5-7)16-6-11-17-9-3-4-20-12(9)13(19)18-11/h1-5,16H,6H2,(H,17,18,19). The Hall–Kier alpha value is -1.18. The maximum Gasteiger partial charge on any atom is 0.268 e. The van der Waals surface area contributed by atoms with E-state index in [1.165, 1.54) is 11.3 Å². The van der Waals surface area contributed by atoms with Crippen LogP contribution in [0.4, 0.5) is 5.69 Å². The molecule has 0 aliphatic rings. The quantitative estimate of drug-likeness (QED) is 0.677. The zero-order chi connectivity index (χ0) is 14.1. The highest BCUT2D eigenvalue weighted by Crippen LogP contribution is 2.26. The third-order valence-corrected chi connectivity index (χ3v) is 4.83. The van der Waals surface area contributed by atoms with Crippen molar-refractivity contribution >= 4 is 59.1 Å². The van der Waals surface area contributed by atoms with Gasteiger partial charge in [-0.25, -0.2) is 4.98 Å². The smallest absolute Gasteiger partial charge is 0.268 e. The first-order valence-electron chi connectivity index (χ1n) is 5.79. The minimum absolute atomic E-state index is 0.0879. The number of fused-ring (bicyclic) bond motifs is 1. The number of nitrogens with zero attached hydrogens (tertiary/aromatic N) is 1. The predicted molar refractivity (Wildman–Crippen MR) is 89.4 cm³/mol. The van der Waals surface area contributed by atoms with Gasteiger partial charge >= 0.3 is 0 Å². The molecule has 0 bridgehead atoms. The van der Waals surface area contributed by atoms with Gasteiger partial charge in [-0.15, -0.1) is 11.3 Å². The molecule has 0 fully saturated rings. The SMILES string of the molecule is O=c1[nH]c(CNc2cc(Br)ccc2Br)nc2ccsc12. The van der Waals surface area contributed by atoms with Crippen LogP contribution in [0.1, 0.15) is 5.82 Å². The summed E-state index contributed by atoms with van der Waals surface area (Å²) in [6.45, 7) is 0.454. The predicted octanol–water partition coefficient (Wildman–Crippen LogP) is 4.12. The number of aromatic amines is 1. The second-order valence-corrected chi connectivity index (χ2v) is 6.81. The second-order valence-electron chi connectivity index (χ2n) is 4.13. The van der Waals surface area contributed by atoms with Gasteiger partial charge in [0, 0.05) is 14.6 Å². The molecule has 20 heavy (non-hydrogen) atoms. The maximum atomic E-state index is 11.9. The van der Waals surface area contributed by atoms with Gasteiger partial charge in [0.2, 0.25) is 0 Å². The summed E-state index contributed by atoms with van der Waals surface area (Å²) < 4.78 is 2.61. The molecule has 2 heterocycles. The first-order chi connectivity index (χ1) is 9.63. The first kappa shape index (κ1) is 13.8. The van der Waals surface area contributed by atoms with Crippen molar-refractivity contribution < 1.29 is 0 Å². The summed E-state index contributed by atoms with van der Waals surface area (Å²) in [5.74, 6) is 0.618. The van der Waals surface area contributed by atoms with Gasteiger partial charge in [0.1, 0.15) is 10.5 Å². The van der Waals surface area contributed by atoms with Gasteiger partial charge in [-0.3, -0.25) is 4.79 Å². The molecule has 2 aromatic heterocycles.